The minimum atomic E-state index is -3.94. The van der Waals surface area contributed by atoms with Crippen LogP contribution in [0.2, 0.25) is 5.02 Å². The van der Waals surface area contributed by atoms with Gasteiger partial charge in [-0.2, -0.15) is 0 Å². The van der Waals surface area contributed by atoms with E-state index in [0.29, 0.717) is 103 Å². The molecule has 9 heterocycles. The zero-order valence-corrected chi connectivity index (χ0v) is 67.0. The number of carbonyl (C=O) groups is 6. The van der Waals surface area contributed by atoms with Gasteiger partial charge in [-0.15, -0.1) is 0 Å². The van der Waals surface area contributed by atoms with E-state index in [9.17, 15) is 50.0 Å². The molecule has 1 fully saturated rings. The lowest BCUT2D eigenvalue weighted by atomic mass is 9.98. The van der Waals surface area contributed by atoms with Crippen LogP contribution in [0.15, 0.2) is 125 Å². The Labute approximate surface area is 656 Å². The Morgan fingerprint density at radius 2 is 1.07 bits per heavy atom. The quantitative estimate of drug-likeness (QED) is 0.0408. The van der Waals surface area contributed by atoms with Crippen molar-refractivity contribution in [2.45, 2.75) is 90.9 Å². The highest BCUT2D eigenvalue weighted by Gasteiger charge is 2.34. The van der Waals surface area contributed by atoms with Crippen LogP contribution in [0.3, 0.4) is 0 Å². The molecule has 0 spiro atoms. The van der Waals surface area contributed by atoms with Crippen LogP contribution in [-0.2, 0) is 52.1 Å². The van der Waals surface area contributed by atoms with Crippen LogP contribution in [0.5, 0.6) is 0 Å². The Balaban J connectivity index is 0.000000143. The van der Waals surface area contributed by atoms with E-state index in [2.05, 4.69) is 82.3 Å². The van der Waals surface area contributed by atoms with Gasteiger partial charge in [-0.25, -0.2) is 25.5 Å². The predicted molar refractivity (Wildman–Crippen MR) is 441 cm³/mol. The number of piperazine rings is 1. The second kappa shape index (κ2) is 33.4. The number of anilines is 5. The SMILES string of the molecule is CCN(CC)CCNC(=O)c1c(C)[nH]c(/C=C2\C(=O)Nc3ccc(F)cc32)c1C.CN(C)S(=O)(=O)c1ccc2c(c1)/C(=C/c1cc3c([nH]1)CCCC3)C(=O)N2.Cc1[nH]c(/C=C2\C(=O)Nc3ccc(S(=O)(=O)N(C)c4cccc(Cl)c4)cc32)c(C)c1C(=O)N1CCN(C)CC1.Cc1cc(C)c(/C=C2\C(=O)Nc3ccccc32)[nH]1. The number of nitrogens with one attached hydrogen (secondary N) is 9. The van der Waals surface area contributed by atoms with Crippen molar-refractivity contribution in [2.24, 2.45) is 0 Å². The molecule has 6 aliphatic rings. The van der Waals surface area contributed by atoms with Gasteiger partial charge in [-0.05, 0) is 225 Å². The summed E-state index contributed by atoms with van der Waals surface area (Å²) in [4.78, 5) is 95.3. The van der Waals surface area contributed by atoms with Gasteiger partial charge in [0.2, 0.25) is 10.0 Å². The van der Waals surface area contributed by atoms with E-state index < -0.39 is 25.9 Å². The lowest BCUT2D eigenvalue weighted by Crippen LogP contribution is -2.47. The first-order chi connectivity index (χ1) is 53.3. The van der Waals surface area contributed by atoms with Crippen molar-refractivity contribution < 1.29 is 50.0 Å². The van der Waals surface area contributed by atoms with E-state index in [1.807, 2.05) is 89.9 Å². The van der Waals surface area contributed by atoms with Gasteiger partial charge in [0.25, 0.3) is 45.5 Å². The summed E-state index contributed by atoms with van der Waals surface area (Å²) in [6.07, 6.45) is 11.6. The van der Waals surface area contributed by atoms with Gasteiger partial charge < -0.3 is 61.2 Å². The highest BCUT2D eigenvalue weighted by molar-refractivity contribution is 7.92. The number of aryl methyl sites for hydroxylation is 6. The fourth-order valence-corrected chi connectivity index (χ4v) is 16.9. The summed E-state index contributed by atoms with van der Waals surface area (Å²) in [5.74, 6) is -1.47. The minimum Gasteiger partial charge on any atom is -0.359 e. The minimum absolute atomic E-state index is 0.0345. The molecule has 584 valence electrons. The lowest BCUT2D eigenvalue weighted by molar-refractivity contribution is -0.111. The molecule has 0 unspecified atom stereocenters. The summed E-state index contributed by atoms with van der Waals surface area (Å²) in [6.45, 7) is 21.8. The highest BCUT2D eigenvalue weighted by atomic mass is 35.5. The van der Waals surface area contributed by atoms with Crippen LogP contribution in [0.4, 0.5) is 32.8 Å². The molecule has 5 aliphatic heterocycles. The first-order valence-corrected chi connectivity index (χ1v) is 40.3. The Bertz CT molecular complexity index is 5610. The predicted octanol–water partition coefficient (Wildman–Crippen LogP) is 13.1. The molecule has 1 saturated heterocycles. The average Bonchev–Trinajstić information content (AvgIpc) is 1.58. The summed E-state index contributed by atoms with van der Waals surface area (Å²) in [5.41, 5.74) is 19.6. The topological polar surface area (TPSA) is 310 Å². The maximum Gasteiger partial charge on any atom is 0.264 e. The molecule has 0 saturated carbocycles. The lowest BCUT2D eigenvalue weighted by Gasteiger charge is -2.32. The number of sulfonamides is 2. The molecule has 1 aliphatic carbocycles. The number of benzene rings is 5. The summed E-state index contributed by atoms with van der Waals surface area (Å²) in [6, 6.07) is 32.0. The molecule has 0 bridgehead atoms. The number of carbonyl (C=O) groups excluding carboxylic acids is 6. The van der Waals surface area contributed by atoms with Crippen molar-refractivity contribution >= 4 is 142 Å². The zero-order chi connectivity index (χ0) is 80.4. The number of hydrogen-bond donors (Lipinski definition) is 9. The van der Waals surface area contributed by atoms with Gasteiger partial charge in [-0.1, -0.05) is 49.7 Å². The normalized spacial score (nSPS) is 16.4. The summed E-state index contributed by atoms with van der Waals surface area (Å²) in [7, 11) is -1.01. The standard InChI is InChI=1S/C28H30ClN5O4S.C22H27FN4O2.C19H21N3O3S.C15H14N2O/c1-17-25(30-18(2)26(17)28(36)34-12-10-32(3)11-13-34)16-23-22-15-21(8-9-24(22)31-27(23)35)39(37,38)33(4)20-7-5-6-19(29)14-20;1-5-27(6-2)10-9-24-22(29)20-13(3)19(25-14(20)4)12-17-16-11-15(23)7-8-18(16)26-21(17)28;1-22(2)26(24,25)14-7-8-18-15(11-14)16(19(23)21-18)10-13-9-12-5-3-4-6-17(12)20-13;1-9-7-10(2)16-14(9)8-12-11-5-3-4-6-13(11)17-15(12)18/h5-9,14-16,30H,10-13H2,1-4H3,(H,31,35);7-8,11-12,25H,5-6,9-10H2,1-4H3,(H,24,29)(H,26,28);7-11,20H,3-6H2,1-2H3,(H,21,23);3-8,16H,1-2H3,(H,17,18)/b23-16-;17-12-;16-10-;12-8-. The number of para-hydroxylation sites is 1. The van der Waals surface area contributed by atoms with Crippen LogP contribution in [0.1, 0.15) is 137 Å². The zero-order valence-electron chi connectivity index (χ0n) is 64.7. The number of aromatic amines is 4. The molecular formula is C84H92ClFN14O10S2. The maximum absolute atomic E-state index is 13.7. The van der Waals surface area contributed by atoms with Crippen molar-refractivity contribution in [2.75, 3.05) is 106 Å². The van der Waals surface area contributed by atoms with Crippen molar-refractivity contribution in [3.8, 4) is 0 Å². The Hall–Kier alpha value is -11.2. The van der Waals surface area contributed by atoms with E-state index in [4.69, 9.17) is 11.6 Å². The van der Waals surface area contributed by atoms with Crippen LogP contribution >= 0.6 is 11.6 Å². The van der Waals surface area contributed by atoms with Gasteiger partial charge in [-0.3, -0.25) is 33.1 Å². The third-order valence-corrected chi connectivity index (χ3v) is 24.7. The molecule has 112 heavy (non-hydrogen) atoms. The molecule has 0 atom stereocenters. The van der Waals surface area contributed by atoms with Gasteiger partial charge in [0.05, 0.1) is 48.9 Å². The van der Waals surface area contributed by atoms with E-state index in [-0.39, 0.29) is 45.2 Å². The van der Waals surface area contributed by atoms with Crippen LogP contribution < -0.4 is 30.9 Å². The fraction of sp³-hybridized carbons (Fsp3) is 0.286. The molecule has 24 nitrogen and oxygen atoms in total. The van der Waals surface area contributed by atoms with E-state index in [0.717, 1.165) is 112 Å². The first-order valence-electron chi connectivity index (χ1n) is 37.0. The van der Waals surface area contributed by atoms with Gasteiger partial charge in [0, 0.05) is 156 Å². The number of rotatable bonds is 16. The molecule has 5 aromatic carbocycles. The number of fused-ring (bicyclic) bond motifs is 5. The first kappa shape index (κ1) is 80.3. The molecule has 0 radical (unpaired) electrons. The number of halogens is 2. The Morgan fingerprint density at radius 1 is 0.554 bits per heavy atom. The molecule has 6 amide bonds. The van der Waals surface area contributed by atoms with Crippen molar-refractivity contribution in [3.63, 3.8) is 0 Å². The number of hydrogen-bond acceptors (Lipinski definition) is 12. The number of amides is 6. The second-order valence-corrected chi connectivity index (χ2v) is 33.2. The third-order valence-electron chi connectivity index (χ3n) is 20.9. The van der Waals surface area contributed by atoms with E-state index >= 15 is 0 Å². The molecule has 4 aromatic heterocycles. The Morgan fingerprint density at radius 3 is 1.63 bits per heavy atom. The van der Waals surface area contributed by atoms with Crippen LogP contribution in [0.25, 0.3) is 46.6 Å². The maximum atomic E-state index is 13.7. The number of nitrogens with zero attached hydrogens (tertiary/aromatic N) is 5. The van der Waals surface area contributed by atoms with Crippen molar-refractivity contribution in [3.05, 3.63) is 227 Å². The molecule has 9 N–H and O–H groups in total. The molecule has 15 rings (SSSR count). The van der Waals surface area contributed by atoms with Gasteiger partial charge in [0.15, 0.2) is 0 Å². The van der Waals surface area contributed by atoms with Crippen LogP contribution in [0, 0.1) is 47.4 Å². The Kier molecular flexibility index (Phi) is 23.9. The number of H-pyrrole nitrogens is 4. The fourth-order valence-electron chi connectivity index (χ4n) is 14.5. The third kappa shape index (κ3) is 17.0. The van der Waals surface area contributed by atoms with Crippen molar-refractivity contribution in [1.82, 2.24) is 44.3 Å². The van der Waals surface area contributed by atoms with Gasteiger partial charge >= 0.3 is 0 Å². The number of aromatic nitrogens is 4. The summed E-state index contributed by atoms with van der Waals surface area (Å²) < 4.78 is 67.7. The van der Waals surface area contributed by atoms with Gasteiger partial charge in [0.1, 0.15) is 5.82 Å². The summed E-state index contributed by atoms with van der Waals surface area (Å²) >= 11 is 6.07. The molecule has 9 aromatic rings. The largest absolute Gasteiger partial charge is 0.359 e. The molecular weight excluding hydrogens is 1480 g/mol. The van der Waals surface area contributed by atoms with E-state index in [1.165, 1.54) is 79.9 Å². The van der Waals surface area contributed by atoms with E-state index in [1.54, 1.807) is 60.7 Å². The molecule has 28 heteroatoms. The number of likely N-dealkylation sites (N-methyl/N-ethyl adjacent to an activating group) is 2. The average molecular weight is 1580 g/mol. The smallest absolute Gasteiger partial charge is 0.264 e. The second-order valence-electron chi connectivity index (χ2n) is 28.6. The summed E-state index contributed by atoms with van der Waals surface area (Å²) in [5, 5.41) is 14.6. The monoisotopic (exact) mass is 1570 g/mol. The van der Waals surface area contributed by atoms with Crippen molar-refractivity contribution in [1.29, 1.82) is 0 Å². The van der Waals surface area contributed by atoms with Crippen LogP contribution in [-0.4, -0.2) is 172 Å². The highest BCUT2D eigenvalue weighted by Crippen LogP contribution is 2.41.